The molecule has 14 heavy (non-hydrogen) atoms. The number of carbonyl (C=O) groups is 1. The van der Waals surface area contributed by atoms with E-state index in [0.29, 0.717) is 10.8 Å². The van der Waals surface area contributed by atoms with Crippen LogP contribution < -0.4 is 4.74 Å². The van der Waals surface area contributed by atoms with E-state index in [9.17, 15) is 4.79 Å². The number of pyridine rings is 1. The van der Waals surface area contributed by atoms with E-state index in [1.54, 1.807) is 12.3 Å². The van der Waals surface area contributed by atoms with E-state index in [1.165, 1.54) is 6.20 Å². The summed E-state index contributed by atoms with van der Waals surface area (Å²) >= 11 is 5.71. The Morgan fingerprint density at radius 2 is 2.36 bits per heavy atom. The molecule has 0 unspecified atom stereocenters. The molecule has 1 saturated carbocycles. The van der Waals surface area contributed by atoms with Crippen LogP contribution in [0.4, 0.5) is 0 Å². The maximum atomic E-state index is 11.3. The van der Waals surface area contributed by atoms with E-state index in [0.717, 1.165) is 12.8 Å². The molecule has 0 aliphatic heterocycles. The third-order valence-corrected chi connectivity index (χ3v) is 2.30. The number of hydrogen-bond donors (Lipinski definition) is 0. The minimum atomic E-state index is 0.132. The molecule has 2 rings (SSSR count). The zero-order chi connectivity index (χ0) is 9.97. The predicted octanol–water partition coefficient (Wildman–Crippen LogP) is 2.09. The Labute approximate surface area is 87.0 Å². The van der Waals surface area contributed by atoms with Crippen molar-refractivity contribution in [2.75, 3.05) is 6.61 Å². The lowest BCUT2D eigenvalue weighted by Gasteiger charge is -2.03. The first-order valence-corrected chi connectivity index (χ1v) is 4.89. The summed E-state index contributed by atoms with van der Waals surface area (Å²) in [7, 11) is 0. The average molecular weight is 212 g/mol. The highest BCUT2D eigenvalue weighted by molar-refractivity contribution is 6.30. The van der Waals surface area contributed by atoms with Gasteiger partial charge in [-0.2, -0.15) is 0 Å². The second kappa shape index (κ2) is 3.96. The Balaban J connectivity index is 1.87. The van der Waals surface area contributed by atoms with Crippen LogP contribution in [-0.4, -0.2) is 17.4 Å². The molecule has 0 radical (unpaired) electrons. The number of rotatable bonds is 4. The molecular formula is C10H10ClNO2. The smallest absolute Gasteiger partial charge is 0.173 e. The Bertz CT molecular complexity index is 350. The molecule has 0 aromatic carbocycles. The topological polar surface area (TPSA) is 39.2 Å². The van der Waals surface area contributed by atoms with Crippen molar-refractivity contribution in [3.63, 3.8) is 0 Å². The fraction of sp³-hybridized carbons (Fsp3) is 0.400. The maximum Gasteiger partial charge on any atom is 0.173 e. The number of halogens is 1. The third-order valence-electron chi connectivity index (χ3n) is 2.09. The second-order valence-electron chi connectivity index (χ2n) is 3.37. The molecule has 4 heteroatoms. The number of hydrogen-bond acceptors (Lipinski definition) is 3. The van der Waals surface area contributed by atoms with Gasteiger partial charge in [-0.1, -0.05) is 11.6 Å². The highest BCUT2D eigenvalue weighted by Crippen LogP contribution is 2.29. The van der Waals surface area contributed by atoms with Gasteiger partial charge in [0.1, 0.15) is 12.4 Å². The van der Waals surface area contributed by atoms with Crippen molar-refractivity contribution in [2.24, 2.45) is 5.92 Å². The van der Waals surface area contributed by atoms with E-state index < -0.39 is 0 Å². The van der Waals surface area contributed by atoms with Crippen LogP contribution in [-0.2, 0) is 4.79 Å². The normalized spacial score (nSPS) is 15.2. The molecule has 3 nitrogen and oxygen atoms in total. The summed E-state index contributed by atoms with van der Waals surface area (Å²) in [4.78, 5) is 15.1. The fourth-order valence-corrected chi connectivity index (χ4v) is 1.31. The minimum Gasteiger partial charge on any atom is -0.484 e. The zero-order valence-corrected chi connectivity index (χ0v) is 8.33. The van der Waals surface area contributed by atoms with Gasteiger partial charge >= 0.3 is 0 Å². The number of ketones is 1. The van der Waals surface area contributed by atoms with Crippen LogP contribution in [0.25, 0.3) is 0 Å². The average Bonchev–Trinajstić information content (AvgIpc) is 2.97. The van der Waals surface area contributed by atoms with E-state index in [4.69, 9.17) is 16.3 Å². The van der Waals surface area contributed by atoms with Gasteiger partial charge in [-0.25, -0.2) is 0 Å². The SMILES string of the molecule is O=C(COc1cncc(Cl)c1)C1CC1. The molecule has 0 saturated heterocycles. The molecule has 0 atom stereocenters. The van der Waals surface area contributed by atoms with Crippen LogP contribution in [0.2, 0.25) is 5.02 Å². The van der Waals surface area contributed by atoms with E-state index in [2.05, 4.69) is 4.98 Å². The van der Waals surface area contributed by atoms with Crippen LogP contribution in [0.15, 0.2) is 18.5 Å². The van der Waals surface area contributed by atoms with Crippen LogP contribution in [0.1, 0.15) is 12.8 Å². The highest BCUT2D eigenvalue weighted by Gasteiger charge is 2.29. The van der Waals surface area contributed by atoms with Gasteiger partial charge in [0, 0.05) is 18.2 Å². The monoisotopic (exact) mass is 211 g/mol. The summed E-state index contributed by atoms with van der Waals surface area (Å²) in [5, 5.41) is 0.515. The largest absolute Gasteiger partial charge is 0.484 e. The third kappa shape index (κ3) is 2.45. The highest BCUT2D eigenvalue weighted by atomic mass is 35.5. The van der Waals surface area contributed by atoms with Gasteiger partial charge in [0.25, 0.3) is 0 Å². The van der Waals surface area contributed by atoms with E-state index in [-0.39, 0.29) is 18.3 Å². The number of nitrogens with zero attached hydrogens (tertiary/aromatic N) is 1. The summed E-state index contributed by atoms with van der Waals surface area (Å²) in [6.45, 7) is 0.132. The first kappa shape index (κ1) is 9.46. The van der Waals surface area contributed by atoms with Crippen molar-refractivity contribution in [1.82, 2.24) is 4.98 Å². The molecule has 1 fully saturated rings. The van der Waals surface area contributed by atoms with Crippen molar-refractivity contribution < 1.29 is 9.53 Å². The van der Waals surface area contributed by atoms with Crippen LogP contribution in [0.3, 0.4) is 0 Å². The van der Waals surface area contributed by atoms with Crippen LogP contribution in [0.5, 0.6) is 5.75 Å². The molecule has 1 aromatic rings. The molecule has 1 aromatic heterocycles. The second-order valence-corrected chi connectivity index (χ2v) is 3.80. The molecule has 0 N–H and O–H groups in total. The van der Waals surface area contributed by atoms with Gasteiger partial charge < -0.3 is 4.74 Å². The Morgan fingerprint density at radius 1 is 1.57 bits per heavy atom. The summed E-state index contributed by atoms with van der Waals surface area (Å²) in [5.74, 6) is 0.957. The van der Waals surface area contributed by atoms with E-state index >= 15 is 0 Å². The molecule has 0 spiro atoms. The van der Waals surface area contributed by atoms with Crippen LogP contribution in [0, 0.1) is 5.92 Å². The van der Waals surface area contributed by atoms with Gasteiger partial charge in [0.2, 0.25) is 0 Å². The first-order valence-electron chi connectivity index (χ1n) is 4.52. The molecular weight excluding hydrogens is 202 g/mol. The summed E-state index contributed by atoms with van der Waals surface area (Å²) < 4.78 is 5.25. The van der Waals surface area contributed by atoms with Crippen molar-refractivity contribution in [3.8, 4) is 5.75 Å². The number of ether oxygens (including phenoxy) is 1. The minimum absolute atomic E-state index is 0.132. The van der Waals surface area contributed by atoms with Crippen molar-refractivity contribution in [3.05, 3.63) is 23.5 Å². The molecule has 1 heterocycles. The summed E-state index contributed by atoms with van der Waals surface area (Å²) in [6.07, 6.45) is 5.09. The van der Waals surface area contributed by atoms with Gasteiger partial charge in [-0.3, -0.25) is 9.78 Å². The predicted molar refractivity (Wildman–Crippen MR) is 52.5 cm³/mol. The van der Waals surface area contributed by atoms with Crippen molar-refractivity contribution in [2.45, 2.75) is 12.8 Å². The Kier molecular flexibility index (Phi) is 2.68. The van der Waals surface area contributed by atoms with Gasteiger partial charge in [0.05, 0.1) is 11.2 Å². The fourth-order valence-electron chi connectivity index (χ4n) is 1.15. The zero-order valence-electron chi connectivity index (χ0n) is 7.57. The van der Waals surface area contributed by atoms with Crippen molar-refractivity contribution >= 4 is 17.4 Å². The quantitative estimate of drug-likeness (QED) is 0.766. The standard InChI is InChI=1S/C10H10ClNO2/c11-8-3-9(5-12-4-8)14-6-10(13)7-1-2-7/h3-5,7H,1-2,6H2. The Morgan fingerprint density at radius 3 is 3.00 bits per heavy atom. The summed E-state index contributed by atoms with van der Waals surface area (Å²) in [6, 6.07) is 1.65. The number of carbonyl (C=O) groups excluding carboxylic acids is 1. The number of aromatic nitrogens is 1. The molecule has 1 aliphatic rings. The molecule has 0 bridgehead atoms. The van der Waals surface area contributed by atoms with Gasteiger partial charge in [-0.15, -0.1) is 0 Å². The van der Waals surface area contributed by atoms with Crippen molar-refractivity contribution in [1.29, 1.82) is 0 Å². The van der Waals surface area contributed by atoms with E-state index in [1.807, 2.05) is 0 Å². The van der Waals surface area contributed by atoms with Gasteiger partial charge in [0.15, 0.2) is 5.78 Å². The van der Waals surface area contributed by atoms with Crippen LogP contribution >= 0.6 is 11.6 Å². The summed E-state index contributed by atoms with van der Waals surface area (Å²) in [5.41, 5.74) is 0. The lowest BCUT2D eigenvalue weighted by atomic mass is 10.3. The van der Waals surface area contributed by atoms with Gasteiger partial charge in [-0.05, 0) is 12.8 Å². The lowest BCUT2D eigenvalue weighted by Crippen LogP contribution is -2.12. The maximum absolute atomic E-state index is 11.3. The number of Topliss-reactive ketones (excluding diaryl/α,β-unsaturated/α-hetero) is 1. The Hall–Kier alpha value is -1.09. The molecule has 0 amide bonds. The lowest BCUT2D eigenvalue weighted by molar-refractivity contribution is -0.122. The molecule has 1 aliphatic carbocycles. The molecule has 74 valence electrons. The first-order chi connectivity index (χ1) is 6.75.